The Hall–Kier alpha value is -3.15. The summed E-state index contributed by atoms with van der Waals surface area (Å²) < 4.78 is 1.99. The average molecular weight is 417 g/mol. The number of aryl methyl sites for hydroxylation is 1. The van der Waals surface area contributed by atoms with Crippen LogP contribution >= 0.6 is 0 Å². The SMILES string of the molecule is Cc1nnc(CN=C(NCC(c2ccccc2)c2ccccc2)NC2CCCC2)n1C. The quantitative estimate of drug-likeness (QED) is 0.452. The topological polar surface area (TPSA) is 67.1 Å². The molecule has 0 radical (unpaired) electrons. The molecular weight excluding hydrogens is 384 g/mol. The summed E-state index contributed by atoms with van der Waals surface area (Å²) in [5.74, 6) is 2.86. The highest BCUT2D eigenvalue weighted by molar-refractivity contribution is 5.80. The van der Waals surface area contributed by atoms with E-state index in [1.165, 1.54) is 36.8 Å². The average Bonchev–Trinajstić information content (AvgIpc) is 3.43. The lowest BCUT2D eigenvalue weighted by molar-refractivity contribution is 0.605. The van der Waals surface area contributed by atoms with Crippen LogP contribution in [0.1, 0.15) is 54.4 Å². The number of rotatable bonds is 7. The summed E-state index contributed by atoms with van der Waals surface area (Å²) in [6, 6.07) is 21.8. The molecule has 1 aromatic heterocycles. The van der Waals surface area contributed by atoms with Crippen LogP contribution in [0.4, 0.5) is 0 Å². The molecule has 0 unspecified atom stereocenters. The Kier molecular flexibility index (Phi) is 6.97. The molecule has 0 spiro atoms. The molecule has 162 valence electrons. The van der Waals surface area contributed by atoms with Crippen molar-refractivity contribution < 1.29 is 0 Å². The Morgan fingerprint density at radius 1 is 1.00 bits per heavy atom. The summed E-state index contributed by atoms with van der Waals surface area (Å²) in [5, 5.41) is 15.7. The van der Waals surface area contributed by atoms with Crippen LogP contribution in [0, 0.1) is 6.92 Å². The van der Waals surface area contributed by atoms with E-state index in [4.69, 9.17) is 4.99 Å². The van der Waals surface area contributed by atoms with Crippen LogP contribution in [0.15, 0.2) is 65.7 Å². The minimum absolute atomic E-state index is 0.245. The maximum absolute atomic E-state index is 4.86. The van der Waals surface area contributed by atoms with Crippen LogP contribution in [-0.2, 0) is 13.6 Å². The predicted molar refractivity (Wildman–Crippen MR) is 125 cm³/mol. The lowest BCUT2D eigenvalue weighted by atomic mass is 9.91. The van der Waals surface area contributed by atoms with Crippen LogP contribution < -0.4 is 10.6 Å². The first kappa shape index (κ1) is 21.1. The number of aliphatic imine (C=N–C) groups is 1. The molecule has 1 saturated carbocycles. The van der Waals surface area contributed by atoms with Gasteiger partial charge in [0.1, 0.15) is 12.4 Å². The third kappa shape index (κ3) is 5.51. The number of benzene rings is 2. The fourth-order valence-electron chi connectivity index (χ4n) is 4.15. The van der Waals surface area contributed by atoms with E-state index in [2.05, 4.69) is 81.5 Å². The molecule has 4 rings (SSSR count). The van der Waals surface area contributed by atoms with E-state index in [1.807, 2.05) is 18.5 Å². The summed E-state index contributed by atoms with van der Waals surface area (Å²) in [6.07, 6.45) is 4.96. The van der Waals surface area contributed by atoms with Crippen molar-refractivity contribution in [2.75, 3.05) is 6.54 Å². The molecule has 2 N–H and O–H groups in total. The molecule has 1 heterocycles. The highest BCUT2D eigenvalue weighted by Crippen LogP contribution is 2.24. The van der Waals surface area contributed by atoms with Crippen molar-refractivity contribution in [1.29, 1.82) is 0 Å². The van der Waals surface area contributed by atoms with Gasteiger partial charge in [-0.15, -0.1) is 10.2 Å². The molecule has 31 heavy (non-hydrogen) atoms. The summed E-state index contributed by atoms with van der Waals surface area (Å²) in [5.41, 5.74) is 2.59. The van der Waals surface area contributed by atoms with Crippen molar-refractivity contribution in [2.45, 2.75) is 51.1 Å². The van der Waals surface area contributed by atoms with E-state index in [0.29, 0.717) is 12.6 Å². The lowest BCUT2D eigenvalue weighted by Gasteiger charge is -2.22. The second kappa shape index (κ2) is 10.2. The molecule has 0 saturated heterocycles. The van der Waals surface area contributed by atoms with E-state index in [1.54, 1.807) is 0 Å². The number of guanidine groups is 1. The molecule has 6 heteroatoms. The van der Waals surface area contributed by atoms with Crippen LogP contribution in [0.5, 0.6) is 0 Å². The molecule has 6 nitrogen and oxygen atoms in total. The number of nitrogens with one attached hydrogen (secondary N) is 2. The molecule has 0 atom stereocenters. The first-order valence-electron chi connectivity index (χ1n) is 11.2. The van der Waals surface area contributed by atoms with Gasteiger partial charge < -0.3 is 15.2 Å². The Morgan fingerprint density at radius 3 is 2.16 bits per heavy atom. The smallest absolute Gasteiger partial charge is 0.191 e. The summed E-state index contributed by atoms with van der Waals surface area (Å²) in [7, 11) is 1.98. The second-order valence-electron chi connectivity index (χ2n) is 8.27. The highest BCUT2D eigenvalue weighted by Gasteiger charge is 2.19. The fraction of sp³-hybridized carbons (Fsp3) is 0.400. The van der Waals surface area contributed by atoms with Gasteiger partial charge in [0.05, 0.1) is 0 Å². The Labute approximate surface area is 184 Å². The van der Waals surface area contributed by atoms with Crippen molar-refractivity contribution in [3.05, 3.63) is 83.4 Å². The van der Waals surface area contributed by atoms with E-state index in [0.717, 1.165) is 24.2 Å². The molecule has 1 aliphatic carbocycles. The van der Waals surface area contributed by atoms with Gasteiger partial charge in [-0.25, -0.2) is 4.99 Å². The lowest BCUT2D eigenvalue weighted by Crippen LogP contribution is -2.44. The van der Waals surface area contributed by atoms with Crippen LogP contribution in [0.2, 0.25) is 0 Å². The van der Waals surface area contributed by atoms with Crippen LogP contribution in [0.3, 0.4) is 0 Å². The summed E-state index contributed by atoms with van der Waals surface area (Å²) in [4.78, 5) is 4.86. The van der Waals surface area contributed by atoms with Gasteiger partial charge >= 0.3 is 0 Å². The fourth-order valence-corrected chi connectivity index (χ4v) is 4.15. The zero-order valence-corrected chi connectivity index (χ0v) is 18.5. The Morgan fingerprint density at radius 2 is 1.61 bits per heavy atom. The van der Waals surface area contributed by atoms with Gasteiger partial charge in [-0.2, -0.15) is 0 Å². The number of hydrogen-bond acceptors (Lipinski definition) is 3. The zero-order valence-electron chi connectivity index (χ0n) is 18.5. The summed E-state index contributed by atoms with van der Waals surface area (Å²) >= 11 is 0. The van der Waals surface area contributed by atoms with Crippen molar-refractivity contribution in [1.82, 2.24) is 25.4 Å². The number of hydrogen-bond donors (Lipinski definition) is 2. The monoisotopic (exact) mass is 416 g/mol. The van der Waals surface area contributed by atoms with Gasteiger partial charge in [0.2, 0.25) is 0 Å². The predicted octanol–water partition coefficient (Wildman–Crippen LogP) is 3.93. The maximum atomic E-state index is 4.86. The van der Waals surface area contributed by atoms with E-state index < -0.39 is 0 Å². The normalized spacial score (nSPS) is 14.9. The van der Waals surface area contributed by atoms with Crippen molar-refractivity contribution in [3.8, 4) is 0 Å². The van der Waals surface area contributed by atoms with Gasteiger partial charge in [0.15, 0.2) is 11.8 Å². The highest BCUT2D eigenvalue weighted by atomic mass is 15.3. The van der Waals surface area contributed by atoms with Crippen LogP contribution in [-0.4, -0.2) is 33.3 Å². The molecule has 0 bridgehead atoms. The Balaban J connectivity index is 1.52. The molecule has 1 aliphatic rings. The largest absolute Gasteiger partial charge is 0.355 e. The third-order valence-corrected chi connectivity index (χ3v) is 6.13. The molecular formula is C25H32N6. The minimum atomic E-state index is 0.245. The number of aromatic nitrogens is 3. The van der Waals surface area contributed by atoms with Gasteiger partial charge in [0.25, 0.3) is 0 Å². The third-order valence-electron chi connectivity index (χ3n) is 6.13. The maximum Gasteiger partial charge on any atom is 0.191 e. The first-order chi connectivity index (χ1) is 15.2. The second-order valence-corrected chi connectivity index (χ2v) is 8.27. The van der Waals surface area contributed by atoms with Crippen molar-refractivity contribution in [2.24, 2.45) is 12.0 Å². The molecule has 0 aliphatic heterocycles. The number of nitrogens with zero attached hydrogens (tertiary/aromatic N) is 4. The van der Waals surface area contributed by atoms with Crippen molar-refractivity contribution in [3.63, 3.8) is 0 Å². The van der Waals surface area contributed by atoms with E-state index in [9.17, 15) is 0 Å². The zero-order chi connectivity index (χ0) is 21.5. The van der Waals surface area contributed by atoms with Gasteiger partial charge in [-0.05, 0) is 30.9 Å². The molecule has 3 aromatic rings. The van der Waals surface area contributed by atoms with E-state index in [-0.39, 0.29) is 5.92 Å². The van der Waals surface area contributed by atoms with Crippen molar-refractivity contribution >= 4 is 5.96 Å². The Bertz CT molecular complexity index is 934. The first-order valence-corrected chi connectivity index (χ1v) is 11.2. The van der Waals surface area contributed by atoms with E-state index >= 15 is 0 Å². The molecule has 1 fully saturated rings. The standard InChI is InChI=1S/C25H32N6/c1-19-29-30-24(31(19)2)18-27-25(28-22-15-9-10-16-22)26-17-23(20-11-5-3-6-12-20)21-13-7-4-8-14-21/h3-8,11-14,22-23H,9-10,15-18H2,1-2H3,(H2,26,27,28). The molecule has 2 aromatic carbocycles. The van der Waals surface area contributed by atoms with Crippen LogP contribution in [0.25, 0.3) is 0 Å². The van der Waals surface area contributed by atoms with Gasteiger partial charge in [-0.1, -0.05) is 73.5 Å². The van der Waals surface area contributed by atoms with Gasteiger partial charge in [-0.3, -0.25) is 0 Å². The molecule has 0 amide bonds. The summed E-state index contributed by atoms with van der Waals surface area (Å²) in [6.45, 7) is 3.23. The minimum Gasteiger partial charge on any atom is -0.355 e. The van der Waals surface area contributed by atoms with Gasteiger partial charge in [0, 0.05) is 25.6 Å².